The van der Waals surface area contributed by atoms with E-state index >= 15 is 0 Å². The van der Waals surface area contributed by atoms with Crippen LogP contribution < -0.4 is 26.2 Å². The number of nitrogens with one attached hydrogen (secondary N) is 3. The number of nitrogens with zero attached hydrogens (tertiary/aromatic N) is 2. The van der Waals surface area contributed by atoms with Gasteiger partial charge in [-0.1, -0.05) is 19.3 Å². The fraction of sp³-hybridized carbons (Fsp3) is 0.500. The van der Waals surface area contributed by atoms with Crippen molar-refractivity contribution in [2.75, 3.05) is 30.8 Å². The Bertz CT molecular complexity index is 1140. The Hall–Kier alpha value is -3.49. The summed E-state index contributed by atoms with van der Waals surface area (Å²) in [4.78, 5) is 40.4. The quantitative estimate of drug-likeness (QED) is 0.617. The number of piperidine rings is 1. The maximum Gasteiger partial charge on any atom is 0.321 e. The van der Waals surface area contributed by atoms with Gasteiger partial charge in [-0.25, -0.2) is 9.59 Å². The molecular formula is C26H33N5O4. The van der Waals surface area contributed by atoms with Crippen molar-refractivity contribution in [1.29, 1.82) is 0 Å². The molecule has 2 bridgehead atoms. The molecule has 9 heteroatoms. The van der Waals surface area contributed by atoms with Crippen LogP contribution in [0.15, 0.2) is 41.2 Å². The molecule has 1 aliphatic carbocycles. The van der Waals surface area contributed by atoms with E-state index in [1.54, 1.807) is 17.7 Å². The van der Waals surface area contributed by atoms with Crippen molar-refractivity contribution in [1.82, 2.24) is 14.8 Å². The van der Waals surface area contributed by atoms with E-state index in [-0.39, 0.29) is 35.5 Å². The number of ether oxygens (including phenoxy) is 1. The Kier molecular flexibility index (Phi) is 6.66. The van der Waals surface area contributed by atoms with E-state index in [2.05, 4.69) is 16.0 Å². The molecule has 2 atom stereocenters. The van der Waals surface area contributed by atoms with Gasteiger partial charge >= 0.3 is 12.1 Å². The summed E-state index contributed by atoms with van der Waals surface area (Å²) < 4.78 is 6.96. The van der Waals surface area contributed by atoms with Gasteiger partial charge in [0.15, 0.2) is 0 Å². The summed E-state index contributed by atoms with van der Waals surface area (Å²) in [6.07, 6.45) is 6.40. The van der Waals surface area contributed by atoms with Gasteiger partial charge in [-0.05, 0) is 61.6 Å². The summed E-state index contributed by atoms with van der Waals surface area (Å²) in [6, 6.07) is 10.6. The molecule has 3 heterocycles. The van der Waals surface area contributed by atoms with Crippen molar-refractivity contribution in [2.45, 2.75) is 57.0 Å². The first-order valence-corrected chi connectivity index (χ1v) is 12.5. The number of carbonyl (C=O) groups excluding carboxylic acids is 2. The molecule has 5 rings (SSSR count). The Balaban J connectivity index is 1.25. The molecule has 2 aliphatic heterocycles. The molecule has 1 saturated heterocycles. The van der Waals surface area contributed by atoms with E-state index < -0.39 is 0 Å². The van der Waals surface area contributed by atoms with E-state index in [1.807, 2.05) is 35.2 Å². The molecule has 1 aromatic carbocycles. The predicted octanol–water partition coefficient (Wildman–Crippen LogP) is 3.96. The second-order valence-corrected chi connectivity index (χ2v) is 9.88. The molecule has 3 N–H and O–H groups in total. The van der Waals surface area contributed by atoms with E-state index in [4.69, 9.17) is 4.74 Å². The molecule has 0 radical (unpaired) electrons. The molecule has 2 fully saturated rings. The highest BCUT2D eigenvalue weighted by molar-refractivity contribution is 5.90. The number of methoxy groups -OCH3 is 1. The summed E-state index contributed by atoms with van der Waals surface area (Å²) in [5.41, 5.74) is 1.76. The molecule has 4 amide bonds. The van der Waals surface area contributed by atoms with Crippen LogP contribution >= 0.6 is 0 Å². The van der Waals surface area contributed by atoms with Crippen LogP contribution in [-0.2, 0) is 6.54 Å². The van der Waals surface area contributed by atoms with E-state index in [1.165, 1.54) is 6.42 Å². The maximum absolute atomic E-state index is 13.2. The number of hydrogen-bond acceptors (Lipinski definition) is 4. The van der Waals surface area contributed by atoms with Crippen LogP contribution in [0, 0.1) is 5.92 Å². The minimum Gasteiger partial charge on any atom is -0.497 e. The van der Waals surface area contributed by atoms with Gasteiger partial charge in [0.2, 0.25) is 0 Å². The van der Waals surface area contributed by atoms with Crippen molar-refractivity contribution >= 4 is 23.4 Å². The topological polar surface area (TPSA) is 105 Å². The van der Waals surface area contributed by atoms with Gasteiger partial charge in [0.05, 0.1) is 7.11 Å². The lowest BCUT2D eigenvalue weighted by Crippen LogP contribution is -2.50. The maximum atomic E-state index is 13.2. The highest BCUT2D eigenvalue weighted by Crippen LogP contribution is 2.35. The zero-order valence-corrected chi connectivity index (χ0v) is 20.1. The van der Waals surface area contributed by atoms with Gasteiger partial charge in [0.25, 0.3) is 5.56 Å². The molecule has 2 aromatic rings. The Morgan fingerprint density at radius 1 is 0.943 bits per heavy atom. The van der Waals surface area contributed by atoms with Gasteiger partial charge in [-0.15, -0.1) is 0 Å². The molecule has 0 spiro atoms. The lowest BCUT2D eigenvalue weighted by Gasteiger charge is -2.42. The average Bonchev–Trinajstić information content (AvgIpc) is 2.87. The first kappa shape index (κ1) is 23.3. The van der Waals surface area contributed by atoms with E-state index in [9.17, 15) is 14.4 Å². The summed E-state index contributed by atoms with van der Waals surface area (Å²) in [7, 11) is 1.61. The fourth-order valence-corrected chi connectivity index (χ4v) is 5.67. The smallest absolute Gasteiger partial charge is 0.321 e. The molecule has 1 saturated carbocycles. The largest absolute Gasteiger partial charge is 0.497 e. The van der Waals surface area contributed by atoms with Crippen molar-refractivity contribution in [2.24, 2.45) is 5.92 Å². The van der Waals surface area contributed by atoms with Crippen LogP contribution in [0.3, 0.4) is 0 Å². The third-order valence-corrected chi connectivity index (χ3v) is 7.42. The Labute approximate surface area is 204 Å². The van der Waals surface area contributed by atoms with Crippen LogP contribution in [-0.4, -0.2) is 47.8 Å². The summed E-state index contributed by atoms with van der Waals surface area (Å²) in [5, 5.41) is 8.73. The Morgan fingerprint density at radius 2 is 1.71 bits per heavy atom. The molecule has 0 unspecified atom stereocenters. The molecular weight excluding hydrogens is 446 g/mol. The number of likely N-dealkylation sites (tertiary alicyclic amines) is 1. The predicted molar refractivity (Wildman–Crippen MR) is 134 cm³/mol. The van der Waals surface area contributed by atoms with Crippen molar-refractivity contribution in [3.63, 3.8) is 0 Å². The van der Waals surface area contributed by atoms with E-state index in [0.29, 0.717) is 31.0 Å². The van der Waals surface area contributed by atoms with E-state index in [0.717, 1.165) is 43.5 Å². The van der Waals surface area contributed by atoms with Gasteiger partial charge < -0.3 is 30.2 Å². The Morgan fingerprint density at radius 3 is 2.46 bits per heavy atom. The number of rotatable bonds is 4. The van der Waals surface area contributed by atoms with Gasteiger partial charge in [0, 0.05) is 43.0 Å². The van der Waals surface area contributed by atoms with Crippen molar-refractivity contribution in [3.05, 3.63) is 52.4 Å². The molecule has 3 aliphatic rings. The number of benzene rings is 1. The number of amides is 4. The number of pyridine rings is 1. The van der Waals surface area contributed by atoms with Crippen LogP contribution in [0.2, 0.25) is 0 Å². The second kappa shape index (κ2) is 10.0. The third-order valence-electron chi connectivity index (χ3n) is 7.42. The second-order valence-electron chi connectivity index (χ2n) is 9.88. The summed E-state index contributed by atoms with van der Waals surface area (Å²) in [5.74, 6) is 1.01. The zero-order chi connectivity index (χ0) is 24.4. The molecule has 1 aromatic heterocycles. The number of fused-ring (bicyclic) bond motifs is 4. The monoisotopic (exact) mass is 479 g/mol. The molecule has 9 nitrogen and oxygen atoms in total. The third kappa shape index (κ3) is 5.13. The summed E-state index contributed by atoms with van der Waals surface area (Å²) >= 11 is 0. The standard InChI is InChI=1S/C26H33N5O4/c1-35-21-9-7-20(8-10-21)28-26(34)30-14-17-13-18(16-30)23-12-11-22(24(32)31(23)15-17)29-25(33)27-19-5-3-2-4-6-19/h7-12,17-19H,2-6,13-16H2,1H3,(H,28,34)(H2,27,29,33)/t17-,18-/m1/s1. The van der Waals surface area contributed by atoms with Crippen molar-refractivity contribution < 1.29 is 14.3 Å². The molecule has 35 heavy (non-hydrogen) atoms. The lowest BCUT2D eigenvalue weighted by molar-refractivity contribution is 0.139. The normalized spacial score (nSPS) is 21.6. The first-order chi connectivity index (χ1) is 17.0. The summed E-state index contributed by atoms with van der Waals surface area (Å²) in [6.45, 7) is 1.67. The lowest BCUT2D eigenvalue weighted by atomic mass is 9.83. The minimum absolute atomic E-state index is 0.0851. The fourth-order valence-electron chi connectivity index (χ4n) is 5.67. The van der Waals surface area contributed by atoms with Crippen LogP contribution in [0.1, 0.15) is 50.1 Å². The van der Waals surface area contributed by atoms with Crippen molar-refractivity contribution in [3.8, 4) is 5.75 Å². The number of hydrogen-bond donors (Lipinski definition) is 3. The molecule has 186 valence electrons. The SMILES string of the molecule is COc1ccc(NC(=O)N2C[C@H]3C[C@H](C2)c2ccc(NC(=O)NC4CCCCC4)c(=O)n2C3)cc1. The van der Waals surface area contributed by atoms with Gasteiger partial charge in [-0.2, -0.15) is 0 Å². The number of anilines is 2. The van der Waals surface area contributed by atoms with Gasteiger partial charge in [0.1, 0.15) is 11.4 Å². The average molecular weight is 480 g/mol. The van der Waals surface area contributed by atoms with Crippen LogP contribution in [0.25, 0.3) is 0 Å². The zero-order valence-electron chi connectivity index (χ0n) is 20.1. The number of urea groups is 2. The number of carbonyl (C=O) groups is 2. The highest BCUT2D eigenvalue weighted by Gasteiger charge is 2.37. The first-order valence-electron chi connectivity index (χ1n) is 12.5. The highest BCUT2D eigenvalue weighted by atomic mass is 16.5. The van der Waals surface area contributed by atoms with Gasteiger partial charge in [-0.3, -0.25) is 4.79 Å². The van der Waals surface area contributed by atoms with Crippen LogP contribution in [0.4, 0.5) is 21.0 Å². The minimum atomic E-state index is -0.313. The number of aromatic nitrogens is 1. The van der Waals surface area contributed by atoms with Crippen LogP contribution in [0.5, 0.6) is 5.75 Å².